The van der Waals surface area contributed by atoms with E-state index in [2.05, 4.69) is 32.2 Å². The van der Waals surface area contributed by atoms with Gasteiger partial charge >= 0.3 is 0 Å². The predicted molar refractivity (Wildman–Crippen MR) is 75.0 cm³/mol. The zero-order valence-corrected chi connectivity index (χ0v) is 11.8. The molecular weight excluding hydrogens is 230 g/mol. The van der Waals surface area contributed by atoms with E-state index in [-0.39, 0.29) is 11.5 Å². The molecule has 2 nitrogen and oxygen atoms in total. The van der Waals surface area contributed by atoms with Crippen molar-refractivity contribution in [1.29, 1.82) is 0 Å². The Labute approximate surface area is 108 Å². The number of fused-ring (bicyclic) bond motifs is 1. The summed E-state index contributed by atoms with van der Waals surface area (Å²) in [6, 6.07) is 6.57. The van der Waals surface area contributed by atoms with E-state index in [1.165, 1.54) is 11.1 Å². The Morgan fingerprint density at radius 3 is 2.71 bits per heavy atom. The van der Waals surface area contributed by atoms with Crippen molar-refractivity contribution < 1.29 is 4.74 Å². The van der Waals surface area contributed by atoms with Gasteiger partial charge in [0, 0.05) is 16.7 Å². The lowest BCUT2D eigenvalue weighted by Gasteiger charge is -2.43. The molecule has 0 amide bonds. The van der Waals surface area contributed by atoms with Gasteiger partial charge in [-0.1, -0.05) is 19.9 Å². The van der Waals surface area contributed by atoms with Crippen LogP contribution in [0, 0.1) is 0 Å². The molecule has 0 radical (unpaired) electrons. The molecule has 1 aliphatic rings. The van der Waals surface area contributed by atoms with Gasteiger partial charge in [0.05, 0.1) is 7.11 Å². The molecule has 3 heteroatoms. The van der Waals surface area contributed by atoms with Gasteiger partial charge in [-0.3, -0.25) is 0 Å². The lowest BCUT2D eigenvalue weighted by Crippen LogP contribution is -2.52. The average molecular weight is 251 g/mol. The summed E-state index contributed by atoms with van der Waals surface area (Å²) in [5.74, 6) is 0.923. The van der Waals surface area contributed by atoms with Crippen molar-refractivity contribution >= 4 is 11.8 Å². The van der Waals surface area contributed by atoms with Gasteiger partial charge in [0.2, 0.25) is 0 Å². The molecular formula is C14H21NOS. The first-order chi connectivity index (χ1) is 8.00. The summed E-state index contributed by atoms with van der Waals surface area (Å²) >= 11 is 1.87. The third-order valence-electron chi connectivity index (χ3n) is 3.97. The van der Waals surface area contributed by atoms with Gasteiger partial charge in [-0.05, 0) is 35.9 Å². The molecule has 0 spiro atoms. The minimum Gasteiger partial charge on any atom is -0.497 e. The van der Waals surface area contributed by atoms with E-state index in [0.29, 0.717) is 5.25 Å². The van der Waals surface area contributed by atoms with Crippen molar-refractivity contribution in [2.45, 2.75) is 37.0 Å². The lowest BCUT2D eigenvalue weighted by atomic mass is 9.69. The van der Waals surface area contributed by atoms with Crippen LogP contribution < -0.4 is 10.5 Å². The number of nitrogens with two attached hydrogens (primary N) is 1. The number of benzene rings is 1. The molecule has 0 aromatic heterocycles. The molecule has 17 heavy (non-hydrogen) atoms. The first kappa shape index (κ1) is 12.8. The Morgan fingerprint density at radius 1 is 1.41 bits per heavy atom. The molecule has 0 heterocycles. The summed E-state index contributed by atoms with van der Waals surface area (Å²) in [6.45, 7) is 4.47. The summed E-state index contributed by atoms with van der Waals surface area (Å²) in [5.41, 5.74) is 9.18. The van der Waals surface area contributed by atoms with Gasteiger partial charge in [0.25, 0.3) is 0 Å². The van der Waals surface area contributed by atoms with Crippen molar-refractivity contribution in [3.63, 3.8) is 0 Å². The molecule has 0 bridgehead atoms. The summed E-state index contributed by atoms with van der Waals surface area (Å²) in [5, 5.41) is 0.505. The first-order valence-corrected chi connectivity index (χ1v) is 7.25. The molecule has 0 saturated carbocycles. The summed E-state index contributed by atoms with van der Waals surface area (Å²) < 4.78 is 5.32. The van der Waals surface area contributed by atoms with Crippen molar-refractivity contribution in [1.82, 2.24) is 0 Å². The number of hydrogen-bond donors (Lipinski definition) is 1. The van der Waals surface area contributed by atoms with Crippen LogP contribution in [0.15, 0.2) is 18.2 Å². The maximum Gasteiger partial charge on any atom is 0.119 e. The summed E-state index contributed by atoms with van der Waals surface area (Å²) in [7, 11) is 1.71. The maximum absolute atomic E-state index is 6.41. The monoisotopic (exact) mass is 251 g/mol. The number of ether oxygens (including phenoxy) is 1. The number of rotatable bonds is 2. The molecule has 2 N–H and O–H groups in total. The number of hydrogen-bond acceptors (Lipinski definition) is 3. The van der Waals surface area contributed by atoms with E-state index in [1.54, 1.807) is 7.11 Å². The Bertz CT molecular complexity index is 417. The molecule has 0 aliphatic heterocycles. The predicted octanol–water partition coefficient (Wildman–Crippen LogP) is 2.59. The van der Waals surface area contributed by atoms with Crippen molar-refractivity contribution in [3.8, 4) is 5.75 Å². The standard InChI is InChI=1S/C14H21NOS/c1-14(2)11-8-10(16-3)6-5-9(11)7-12(17-4)13(14)15/h5-6,8,12-13H,7,15H2,1-4H3/t12-,13+/m1/s1. The van der Waals surface area contributed by atoms with Gasteiger partial charge in [-0.2, -0.15) is 11.8 Å². The summed E-state index contributed by atoms with van der Waals surface area (Å²) in [6.07, 6.45) is 3.21. The van der Waals surface area contributed by atoms with Crippen molar-refractivity contribution in [2.75, 3.05) is 13.4 Å². The van der Waals surface area contributed by atoms with Crippen LogP contribution in [-0.4, -0.2) is 24.7 Å². The summed E-state index contributed by atoms with van der Waals surface area (Å²) in [4.78, 5) is 0. The van der Waals surface area contributed by atoms with Gasteiger partial charge < -0.3 is 10.5 Å². The van der Waals surface area contributed by atoms with Crippen LogP contribution in [0.3, 0.4) is 0 Å². The van der Waals surface area contributed by atoms with Crippen molar-refractivity contribution in [2.24, 2.45) is 5.73 Å². The highest BCUT2D eigenvalue weighted by molar-refractivity contribution is 7.99. The maximum atomic E-state index is 6.41. The SMILES string of the molecule is COc1ccc2c(c1)C(C)(C)[C@@H](N)[C@H](SC)C2. The third-order valence-corrected chi connectivity index (χ3v) is 5.03. The van der Waals surface area contributed by atoms with Gasteiger partial charge in [-0.25, -0.2) is 0 Å². The fraction of sp³-hybridized carbons (Fsp3) is 0.571. The highest BCUT2D eigenvalue weighted by Gasteiger charge is 2.40. The van der Waals surface area contributed by atoms with E-state index >= 15 is 0 Å². The van der Waals surface area contributed by atoms with E-state index < -0.39 is 0 Å². The lowest BCUT2D eigenvalue weighted by molar-refractivity contribution is 0.366. The van der Waals surface area contributed by atoms with Crippen LogP contribution in [0.25, 0.3) is 0 Å². The van der Waals surface area contributed by atoms with Crippen LogP contribution in [-0.2, 0) is 11.8 Å². The minimum absolute atomic E-state index is 0.00972. The highest BCUT2D eigenvalue weighted by Crippen LogP contribution is 2.40. The molecule has 0 saturated heterocycles. The van der Waals surface area contributed by atoms with Crippen LogP contribution in [0.1, 0.15) is 25.0 Å². The quantitative estimate of drug-likeness (QED) is 0.877. The topological polar surface area (TPSA) is 35.2 Å². The smallest absolute Gasteiger partial charge is 0.119 e. The zero-order chi connectivity index (χ0) is 12.6. The molecule has 1 aliphatic carbocycles. The number of thioether (sulfide) groups is 1. The Morgan fingerprint density at radius 2 is 2.12 bits per heavy atom. The van der Waals surface area contributed by atoms with E-state index in [0.717, 1.165) is 12.2 Å². The van der Waals surface area contributed by atoms with Crippen LogP contribution >= 0.6 is 11.8 Å². The molecule has 2 rings (SSSR count). The highest BCUT2D eigenvalue weighted by atomic mass is 32.2. The van der Waals surface area contributed by atoms with E-state index in [4.69, 9.17) is 10.5 Å². The van der Waals surface area contributed by atoms with Gasteiger partial charge in [-0.15, -0.1) is 0 Å². The number of methoxy groups -OCH3 is 1. The minimum atomic E-state index is 0.00972. The Balaban J connectivity index is 2.49. The van der Waals surface area contributed by atoms with E-state index in [9.17, 15) is 0 Å². The second-order valence-electron chi connectivity index (χ2n) is 5.25. The molecule has 2 atom stereocenters. The fourth-order valence-corrected chi connectivity index (χ4v) is 3.66. The average Bonchev–Trinajstić information content (AvgIpc) is 2.33. The molecule has 94 valence electrons. The fourth-order valence-electron chi connectivity index (χ4n) is 2.68. The molecule has 1 aromatic carbocycles. The molecule has 0 fully saturated rings. The Hall–Kier alpha value is -0.670. The normalized spacial score (nSPS) is 26.4. The molecule has 0 unspecified atom stereocenters. The zero-order valence-electron chi connectivity index (χ0n) is 11.0. The second-order valence-corrected chi connectivity index (χ2v) is 6.33. The molecule has 1 aromatic rings. The largest absolute Gasteiger partial charge is 0.497 e. The van der Waals surface area contributed by atoms with Crippen LogP contribution in [0.2, 0.25) is 0 Å². The van der Waals surface area contributed by atoms with E-state index in [1.807, 2.05) is 17.8 Å². The second kappa shape index (κ2) is 4.54. The van der Waals surface area contributed by atoms with Crippen molar-refractivity contribution in [3.05, 3.63) is 29.3 Å². The Kier molecular flexibility index (Phi) is 3.41. The van der Waals surface area contributed by atoms with Gasteiger partial charge in [0.15, 0.2) is 0 Å². The first-order valence-electron chi connectivity index (χ1n) is 5.96. The van der Waals surface area contributed by atoms with Gasteiger partial charge in [0.1, 0.15) is 5.75 Å². The van der Waals surface area contributed by atoms with Crippen LogP contribution in [0.4, 0.5) is 0 Å². The third kappa shape index (κ3) is 2.06. The van der Waals surface area contributed by atoms with Crippen LogP contribution in [0.5, 0.6) is 5.75 Å².